The van der Waals surface area contributed by atoms with Crippen LogP contribution >= 0.6 is 15.9 Å². The van der Waals surface area contributed by atoms with Gasteiger partial charge in [-0.2, -0.15) is 0 Å². The second kappa shape index (κ2) is 8.30. The van der Waals surface area contributed by atoms with E-state index in [2.05, 4.69) is 21.1 Å². The number of aromatic nitrogens is 1. The Bertz CT molecular complexity index is 1370. The number of methoxy groups -OCH3 is 1. The predicted molar refractivity (Wildman–Crippen MR) is 123 cm³/mol. The number of halogens is 1. The van der Waals surface area contributed by atoms with Crippen LogP contribution in [-0.2, 0) is 10.0 Å². The third-order valence-electron chi connectivity index (χ3n) is 4.93. The van der Waals surface area contributed by atoms with E-state index in [9.17, 15) is 8.42 Å². The molecule has 4 rings (SSSR count). The van der Waals surface area contributed by atoms with Crippen molar-refractivity contribution in [3.8, 4) is 39.3 Å². The topological polar surface area (TPSA) is 95.4 Å². The third kappa shape index (κ3) is 4.01. The number of nitrogens with two attached hydrogens (primary N) is 1. The fourth-order valence-corrected chi connectivity index (χ4v) is 4.58. The maximum absolute atomic E-state index is 12.6. The van der Waals surface area contributed by atoms with Crippen molar-refractivity contribution < 1.29 is 17.7 Å². The van der Waals surface area contributed by atoms with Crippen LogP contribution in [0.4, 0.5) is 0 Å². The van der Waals surface area contributed by atoms with Crippen LogP contribution in [0.2, 0.25) is 0 Å². The lowest BCUT2D eigenvalue weighted by Crippen LogP contribution is -2.14. The van der Waals surface area contributed by atoms with E-state index in [4.69, 9.17) is 14.4 Å². The summed E-state index contributed by atoms with van der Waals surface area (Å²) in [6.45, 7) is 1.77. The quantitative estimate of drug-likeness (QED) is 0.397. The number of hydrogen-bond donors (Lipinski definition) is 1. The number of nitrogens with zero attached hydrogens (tertiary/aromatic N) is 1. The van der Waals surface area contributed by atoms with Crippen LogP contribution in [0.5, 0.6) is 5.75 Å². The van der Waals surface area contributed by atoms with Gasteiger partial charge in [0.1, 0.15) is 5.75 Å². The molecular formula is C23H19BrN2O4S. The lowest BCUT2D eigenvalue weighted by molar-refractivity contribution is 0.415. The Labute approximate surface area is 188 Å². The molecule has 8 heteroatoms. The molecule has 1 heterocycles. The summed E-state index contributed by atoms with van der Waals surface area (Å²) < 4.78 is 36.6. The van der Waals surface area contributed by atoms with Crippen LogP contribution in [0, 0.1) is 6.92 Å². The molecule has 0 amide bonds. The van der Waals surface area contributed by atoms with E-state index in [1.165, 1.54) is 6.07 Å². The molecule has 1 aromatic heterocycles. The smallest absolute Gasteiger partial charge is 0.238 e. The molecule has 0 saturated heterocycles. The maximum Gasteiger partial charge on any atom is 0.238 e. The average Bonchev–Trinajstić information content (AvgIpc) is 3.10. The number of primary sulfonamides is 1. The summed E-state index contributed by atoms with van der Waals surface area (Å²) in [6.07, 6.45) is 0. The zero-order valence-electron chi connectivity index (χ0n) is 16.8. The first-order valence-corrected chi connectivity index (χ1v) is 11.7. The van der Waals surface area contributed by atoms with Crippen molar-refractivity contribution in [1.82, 2.24) is 5.16 Å². The van der Waals surface area contributed by atoms with Gasteiger partial charge in [0.2, 0.25) is 10.0 Å². The van der Waals surface area contributed by atoms with Crippen molar-refractivity contribution in [2.75, 3.05) is 7.11 Å². The Morgan fingerprint density at radius 2 is 1.68 bits per heavy atom. The highest BCUT2D eigenvalue weighted by Gasteiger charge is 2.28. The van der Waals surface area contributed by atoms with E-state index in [0.717, 1.165) is 16.7 Å². The first kappa shape index (κ1) is 21.3. The van der Waals surface area contributed by atoms with Crippen LogP contribution in [0.3, 0.4) is 0 Å². The Morgan fingerprint density at radius 3 is 2.29 bits per heavy atom. The standard InChI is InChI=1S/C23H19BrN2O4S/c1-14-22(24)23(30-26-14)21-19(31(25,27)28)12-11-18(16-9-6-10-17(13-16)29-2)20(21)15-7-4-3-5-8-15/h3-13H,1-2H3,(H2,25,27,28). The molecule has 4 aromatic rings. The molecule has 0 atom stereocenters. The number of ether oxygens (including phenoxy) is 1. The lowest BCUT2D eigenvalue weighted by atomic mass is 9.89. The van der Waals surface area contributed by atoms with Crippen molar-refractivity contribution in [2.45, 2.75) is 11.8 Å². The second-order valence-corrected chi connectivity index (χ2v) is 9.24. The Morgan fingerprint density at radius 1 is 0.968 bits per heavy atom. The van der Waals surface area contributed by atoms with E-state index < -0.39 is 10.0 Å². The largest absolute Gasteiger partial charge is 0.497 e. The summed E-state index contributed by atoms with van der Waals surface area (Å²) in [4.78, 5) is -0.0464. The van der Waals surface area contributed by atoms with Gasteiger partial charge in [-0.1, -0.05) is 53.7 Å². The van der Waals surface area contributed by atoms with Gasteiger partial charge in [-0.05, 0) is 57.7 Å². The first-order valence-electron chi connectivity index (χ1n) is 9.33. The minimum absolute atomic E-state index is 0.0464. The second-order valence-electron chi connectivity index (χ2n) is 6.92. The molecule has 0 radical (unpaired) electrons. The summed E-state index contributed by atoms with van der Waals surface area (Å²) in [7, 11) is -2.47. The Kier molecular flexibility index (Phi) is 5.70. The van der Waals surface area contributed by atoms with E-state index in [0.29, 0.717) is 32.8 Å². The fraction of sp³-hybridized carbons (Fsp3) is 0.0870. The van der Waals surface area contributed by atoms with Gasteiger partial charge in [0, 0.05) is 11.1 Å². The Hall–Kier alpha value is -2.94. The fourth-order valence-electron chi connectivity index (χ4n) is 3.50. The molecule has 0 spiro atoms. The zero-order valence-corrected chi connectivity index (χ0v) is 19.2. The van der Waals surface area contributed by atoms with Crippen LogP contribution in [0.1, 0.15) is 5.69 Å². The number of benzene rings is 3. The molecule has 6 nitrogen and oxygen atoms in total. The summed E-state index contributed by atoms with van der Waals surface area (Å²) in [6, 6.07) is 20.3. The summed E-state index contributed by atoms with van der Waals surface area (Å²) in [5, 5.41) is 9.61. The third-order valence-corrected chi connectivity index (χ3v) is 6.82. The molecular weight excluding hydrogens is 480 g/mol. The molecule has 158 valence electrons. The predicted octanol–water partition coefficient (Wildman–Crippen LogP) is 5.40. The minimum Gasteiger partial charge on any atom is -0.497 e. The Balaban J connectivity index is 2.18. The highest BCUT2D eigenvalue weighted by molar-refractivity contribution is 9.10. The molecule has 0 unspecified atom stereocenters. The molecule has 2 N–H and O–H groups in total. The molecule has 3 aromatic carbocycles. The number of sulfonamides is 1. The molecule has 0 fully saturated rings. The molecule has 0 aliphatic carbocycles. The van der Waals surface area contributed by atoms with Gasteiger partial charge < -0.3 is 9.26 Å². The van der Waals surface area contributed by atoms with Gasteiger partial charge in [-0.15, -0.1) is 0 Å². The normalized spacial score (nSPS) is 11.5. The average molecular weight is 499 g/mol. The van der Waals surface area contributed by atoms with E-state index in [1.54, 1.807) is 20.1 Å². The number of aryl methyl sites for hydroxylation is 1. The van der Waals surface area contributed by atoms with Gasteiger partial charge in [0.15, 0.2) is 5.76 Å². The van der Waals surface area contributed by atoms with Crippen molar-refractivity contribution in [1.29, 1.82) is 0 Å². The minimum atomic E-state index is -4.06. The van der Waals surface area contributed by atoms with Gasteiger partial charge in [-0.25, -0.2) is 13.6 Å². The SMILES string of the molecule is COc1cccc(-c2ccc(S(N)(=O)=O)c(-c3onc(C)c3Br)c2-c2ccccc2)c1. The van der Waals surface area contributed by atoms with Crippen LogP contribution in [-0.4, -0.2) is 20.7 Å². The van der Waals surface area contributed by atoms with Crippen molar-refractivity contribution >= 4 is 26.0 Å². The van der Waals surface area contributed by atoms with E-state index in [-0.39, 0.29) is 4.90 Å². The van der Waals surface area contributed by atoms with E-state index in [1.807, 2.05) is 54.6 Å². The number of hydrogen-bond acceptors (Lipinski definition) is 5. The molecule has 0 aliphatic rings. The van der Waals surface area contributed by atoms with E-state index >= 15 is 0 Å². The maximum atomic E-state index is 12.6. The van der Waals surface area contributed by atoms with Crippen LogP contribution < -0.4 is 9.88 Å². The van der Waals surface area contributed by atoms with Gasteiger partial charge in [-0.3, -0.25) is 0 Å². The highest BCUT2D eigenvalue weighted by Crippen LogP contribution is 2.46. The van der Waals surface area contributed by atoms with Gasteiger partial charge in [0.05, 0.1) is 22.2 Å². The lowest BCUT2D eigenvalue weighted by Gasteiger charge is -2.18. The molecule has 0 aliphatic heterocycles. The summed E-state index contributed by atoms with van der Waals surface area (Å²) in [5.41, 5.74) is 4.07. The van der Waals surface area contributed by atoms with Crippen LogP contribution in [0.15, 0.2) is 80.6 Å². The van der Waals surface area contributed by atoms with Gasteiger partial charge >= 0.3 is 0 Å². The van der Waals surface area contributed by atoms with Crippen molar-refractivity contribution in [3.63, 3.8) is 0 Å². The summed E-state index contributed by atoms with van der Waals surface area (Å²) in [5.74, 6) is 0.982. The molecule has 0 saturated carbocycles. The monoisotopic (exact) mass is 498 g/mol. The zero-order chi connectivity index (χ0) is 22.2. The molecule has 31 heavy (non-hydrogen) atoms. The molecule has 0 bridgehead atoms. The number of rotatable bonds is 5. The van der Waals surface area contributed by atoms with Crippen molar-refractivity contribution in [3.05, 3.63) is 76.9 Å². The first-order chi connectivity index (χ1) is 14.8. The summed E-state index contributed by atoms with van der Waals surface area (Å²) >= 11 is 3.49. The highest BCUT2D eigenvalue weighted by atomic mass is 79.9. The van der Waals surface area contributed by atoms with Crippen LogP contribution in [0.25, 0.3) is 33.6 Å². The van der Waals surface area contributed by atoms with Gasteiger partial charge in [0.25, 0.3) is 0 Å². The van der Waals surface area contributed by atoms with Crippen molar-refractivity contribution in [2.24, 2.45) is 5.14 Å².